The Balaban J connectivity index is 3.34. The fourth-order valence-electron chi connectivity index (χ4n) is 2.70. The lowest BCUT2D eigenvalue weighted by atomic mass is 9.89. The van der Waals surface area contributed by atoms with Gasteiger partial charge in [0.2, 0.25) is 0 Å². The number of unbranched alkanes of at least 4 members (excludes halogenated alkanes) is 7. The van der Waals surface area contributed by atoms with Crippen LogP contribution in [0.4, 0.5) is 0 Å². The smallest absolute Gasteiger partial charge is 0.0987 e. The zero-order valence-corrected chi connectivity index (χ0v) is 16.0. The highest BCUT2D eigenvalue weighted by Gasteiger charge is 2.08. The molecule has 0 radical (unpaired) electrons. The van der Waals surface area contributed by atoms with E-state index in [9.17, 15) is 0 Å². The summed E-state index contributed by atoms with van der Waals surface area (Å²) in [6.45, 7) is 10.6. The van der Waals surface area contributed by atoms with E-state index in [1.165, 1.54) is 57.8 Å². The molecule has 0 aromatic carbocycles. The van der Waals surface area contributed by atoms with E-state index in [4.69, 9.17) is 9.47 Å². The molecule has 0 N–H and O–H groups in total. The molecule has 0 saturated carbocycles. The SMILES string of the molecule is COCCN(CCCCCCCCCCC(C)(C)C)COC. The third kappa shape index (κ3) is 16.3. The first-order chi connectivity index (χ1) is 10.5. The van der Waals surface area contributed by atoms with Gasteiger partial charge in [0.05, 0.1) is 13.3 Å². The van der Waals surface area contributed by atoms with Crippen molar-refractivity contribution in [2.24, 2.45) is 5.41 Å². The van der Waals surface area contributed by atoms with Gasteiger partial charge >= 0.3 is 0 Å². The van der Waals surface area contributed by atoms with E-state index in [-0.39, 0.29) is 0 Å². The van der Waals surface area contributed by atoms with E-state index in [0.717, 1.165) is 26.4 Å². The molecule has 0 amide bonds. The highest BCUT2D eigenvalue weighted by atomic mass is 16.5. The highest BCUT2D eigenvalue weighted by molar-refractivity contribution is 4.61. The van der Waals surface area contributed by atoms with Crippen molar-refractivity contribution in [3.63, 3.8) is 0 Å². The normalized spacial score (nSPS) is 12.3. The lowest BCUT2D eigenvalue weighted by Crippen LogP contribution is -2.30. The van der Waals surface area contributed by atoms with Crippen LogP contribution in [0.3, 0.4) is 0 Å². The van der Waals surface area contributed by atoms with Gasteiger partial charge in [0.25, 0.3) is 0 Å². The molecule has 3 heteroatoms. The third-order valence-electron chi connectivity index (χ3n) is 4.07. The molecule has 0 fully saturated rings. The van der Waals surface area contributed by atoms with Crippen LogP contribution in [0.25, 0.3) is 0 Å². The summed E-state index contributed by atoms with van der Waals surface area (Å²) in [6, 6.07) is 0. The average molecular weight is 316 g/mol. The standard InChI is InChI=1S/C19H41NO2/c1-19(2,3)14-12-10-8-6-7-9-11-13-15-20(18-22-5)16-17-21-4/h6-18H2,1-5H3. The molecule has 22 heavy (non-hydrogen) atoms. The third-order valence-corrected chi connectivity index (χ3v) is 4.07. The molecule has 0 unspecified atom stereocenters. The Labute approximate surface area is 139 Å². The fraction of sp³-hybridized carbons (Fsp3) is 1.00. The second kappa shape index (κ2) is 14.5. The molecule has 0 aliphatic rings. The fourth-order valence-corrected chi connectivity index (χ4v) is 2.70. The van der Waals surface area contributed by atoms with Crippen molar-refractivity contribution in [3.8, 4) is 0 Å². The van der Waals surface area contributed by atoms with Gasteiger partial charge in [-0.15, -0.1) is 0 Å². The van der Waals surface area contributed by atoms with Crippen molar-refractivity contribution in [2.45, 2.75) is 78.6 Å². The Kier molecular flexibility index (Phi) is 14.4. The van der Waals surface area contributed by atoms with Crippen molar-refractivity contribution < 1.29 is 9.47 Å². The van der Waals surface area contributed by atoms with Crippen LogP contribution in [0.15, 0.2) is 0 Å². The summed E-state index contributed by atoms with van der Waals surface area (Å²) >= 11 is 0. The summed E-state index contributed by atoms with van der Waals surface area (Å²) in [5, 5.41) is 0. The van der Waals surface area contributed by atoms with Gasteiger partial charge in [-0.05, 0) is 18.3 Å². The van der Waals surface area contributed by atoms with E-state index >= 15 is 0 Å². The van der Waals surface area contributed by atoms with Crippen LogP contribution in [0.2, 0.25) is 0 Å². The second-order valence-corrected chi connectivity index (χ2v) is 7.67. The number of hydrogen-bond donors (Lipinski definition) is 0. The van der Waals surface area contributed by atoms with Crippen molar-refractivity contribution in [1.82, 2.24) is 4.90 Å². The molecule has 3 nitrogen and oxygen atoms in total. The second-order valence-electron chi connectivity index (χ2n) is 7.67. The summed E-state index contributed by atoms with van der Waals surface area (Å²) in [5.41, 5.74) is 0.511. The van der Waals surface area contributed by atoms with E-state index in [1.54, 1.807) is 14.2 Å². The van der Waals surface area contributed by atoms with Crippen LogP contribution >= 0.6 is 0 Å². The van der Waals surface area contributed by atoms with E-state index in [0.29, 0.717) is 5.41 Å². The molecule has 0 spiro atoms. The Morgan fingerprint density at radius 3 is 1.73 bits per heavy atom. The maximum Gasteiger partial charge on any atom is 0.0987 e. The number of methoxy groups -OCH3 is 2. The van der Waals surface area contributed by atoms with Gasteiger partial charge in [-0.25, -0.2) is 0 Å². The highest BCUT2D eigenvalue weighted by Crippen LogP contribution is 2.22. The van der Waals surface area contributed by atoms with Gasteiger partial charge in [-0.3, -0.25) is 4.90 Å². The van der Waals surface area contributed by atoms with E-state index in [2.05, 4.69) is 25.7 Å². The van der Waals surface area contributed by atoms with E-state index < -0.39 is 0 Å². The molecule has 0 atom stereocenters. The first kappa shape index (κ1) is 21.9. The summed E-state index contributed by atoms with van der Waals surface area (Å²) in [6.07, 6.45) is 12.4. The van der Waals surface area contributed by atoms with Crippen LogP contribution in [0.5, 0.6) is 0 Å². The van der Waals surface area contributed by atoms with Gasteiger partial charge in [0, 0.05) is 27.3 Å². The van der Waals surface area contributed by atoms with Crippen LogP contribution in [-0.2, 0) is 9.47 Å². The summed E-state index contributed by atoms with van der Waals surface area (Å²) in [4.78, 5) is 2.33. The molecule has 0 aromatic heterocycles. The first-order valence-corrected chi connectivity index (χ1v) is 9.20. The van der Waals surface area contributed by atoms with Crippen molar-refractivity contribution >= 4 is 0 Å². The predicted molar refractivity (Wildman–Crippen MR) is 96.3 cm³/mol. The minimum Gasteiger partial charge on any atom is -0.383 e. The van der Waals surface area contributed by atoms with Gasteiger partial charge in [-0.1, -0.05) is 65.7 Å². The quantitative estimate of drug-likeness (QED) is 0.310. The van der Waals surface area contributed by atoms with Crippen LogP contribution in [0.1, 0.15) is 78.6 Å². The molecule has 134 valence electrons. The van der Waals surface area contributed by atoms with Crippen molar-refractivity contribution in [2.75, 3.05) is 40.6 Å². The Morgan fingerprint density at radius 1 is 0.682 bits per heavy atom. The van der Waals surface area contributed by atoms with E-state index in [1.807, 2.05) is 0 Å². The lowest BCUT2D eigenvalue weighted by molar-refractivity contribution is 0.0428. The molecule has 0 aliphatic heterocycles. The largest absolute Gasteiger partial charge is 0.383 e. The van der Waals surface area contributed by atoms with Crippen LogP contribution in [-0.4, -0.2) is 45.5 Å². The molecule has 0 aromatic rings. The van der Waals surface area contributed by atoms with Gasteiger partial charge in [0.15, 0.2) is 0 Å². The van der Waals surface area contributed by atoms with Gasteiger partial charge in [0.1, 0.15) is 0 Å². The Bertz CT molecular complexity index is 226. The maximum absolute atomic E-state index is 5.23. The molecular weight excluding hydrogens is 274 g/mol. The molecule has 0 bridgehead atoms. The monoisotopic (exact) mass is 315 g/mol. The van der Waals surface area contributed by atoms with Crippen LogP contribution in [0, 0.1) is 5.41 Å². The summed E-state index contributed by atoms with van der Waals surface area (Å²) in [5.74, 6) is 0. The van der Waals surface area contributed by atoms with Crippen molar-refractivity contribution in [3.05, 3.63) is 0 Å². The zero-order chi connectivity index (χ0) is 16.7. The number of rotatable bonds is 15. The minimum absolute atomic E-state index is 0.511. The molecular formula is C19H41NO2. The molecule has 0 heterocycles. The zero-order valence-electron chi connectivity index (χ0n) is 16.0. The molecule has 0 saturated heterocycles. The van der Waals surface area contributed by atoms with Crippen molar-refractivity contribution in [1.29, 1.82) is 0 Å². The van der Waals surface area contributed by atoms with Crippen LogP contribution < -0.4 is 0 Å². The van der Waals surface area contributed by atoms with Gasteiger partial charge < -0.3 is 9.47 Å². The molecule has 0 rings (SSSR count). The lowest BCUT2D eigenvalue weighted by Gasteiger charge is -2.20. The van der Waals surface area contributed by atoms with Gasteiger partial charge in [-0.2, -0.15) is 0 Å². The first-order valence-electron chi connectivity index (χ1n) is 9.20. The average Bonchev–Trinajstić information content (AvgIpc) is 2.45. The number of ether oxygens (including phenoxy) is 2. The minimum atomic E-state index is 0.511. The summed E-state index contributed by atoms with van der Waals surface area (Å²) in [7, 11) is 3.52. The predicted octanol–water partition coefficient (Wildman–Crippen LogP) is 5.10. The number of nitrogens with zero attached hydrogens (tertiary/aromatic N) is 1. The Morgan fingerprint density at radius 2 is 1.23 bits per heavy atom. The summed E-state index contributed by atoms with van der Waals surface area (Å²) < 4.78 is 10.4. The number of hydrogen-bond acceptors (Lipinski definition) is 3. The topological polar surface area (TPSA) is 21.7 Å². The maximum atomic E-state index is 5.23. The Hall–Kier alpha value is -0.120. The molecule has 0 aliphatic carbocycles.